The predicted octanol–water partition coefficient (Wildman–Crippen LogP) is 3.08. The first-order valence-corrected chi connectivity index (χ1v) is 10.7. The average molecular weight is 432 g/mol. The molecule has 162 valence electrons. The quantitative estimate of drug-likeness (QED) is 0.481. The number of fused-ring (bicyclic) bond motifs is 2. The molecule has 1 fully saturated rings. The fourth-order valence-corrected chi connectivity index (χ4v) is 4.85. The fraction of sp³-hybridized carbons (Fsp3) is 0.348. The first-order valence-electron chi connectivity index (χ1n) is 10.7. The predicted molar refractivity (Wildman–Crippen MR) is 114 cm³/mol. The molecular formula is C23H21FN6O2. The summed E-state index contributed by atoms with van der Waals surface area (Å²) in [6.07, 6.45) is 6.80. The van der Waals surface area contributed by atoms with Crippen LogP contribution in [0.1, 0.15) is 42.1 Å². The Labute approximate surface area is 182 Å². The van der Waals surface area contributed by atoms with Gasteiger partial charge < -0.3 is 9.09 Å². The molecule has 0 radical (unpaired) electrons. The summed E-state index contributed by atoms with van der Waals surface area (Å²) in [5.41, 5.74) is 3.53. The Morgan fingerprint density at radius 2 is 2.09 bits per heavy atom. The van der Waals surface area contributed by atoms with Crippen molar-refractivity contribution < 1.29 is 8.91 Å². The van der Waals surface area contributed by atoms with Gasteiger partial charge in [0, 0.05) is 13.0 Å². The number of aromatic nitrogens is 6. The summed E-state index contributed by atoms with van der Waals surface area (Å²) in [6.45, 7) is 2.11. The Kier molecular flexibility index (Phi) is 4.14. The van der Waals surface area contributed by atoms with Crippen LogP contribution < -0.4 is 5.56 Å². The van der Waals surface area contributed by atoms with Crippen molar-refractivity contribution in [2.24, 2.45) is 18.9 Å². The molecule has 3 aromatic heterocycles. The standard InChI is InChI=1S/C23H21FN6O2/c1-3-12-4-5-13(8-17(12)24)14-6-15-16(7-14)19(15)21-27-18(32-28-21)9-30-11-26-22-20(23(30)31)29(2)10-25-22/h4-6,8,10-11,15-16,19H,3,7,9H2,1-2H3/t15-,16+,19+/m1/s1. The van der Waals surface area contributed by atoms with Gasteiger partial charge in [0.05, 0.1) is 6.33 Å². The van der Waals surface area contributed by atoms with Gasteiger partial charge in [-0.05, 0) is 47.4 Å². The lowest BCUT2D eigenvalue weighted by Crippen LogP contribution is -2.22. The molecule has 1 saturated carbocycles. The van der Waals surface area contributed by atoms with Gasteiger partial charge in [0.25, 0.3) is 5.56 Å². The third-order valence-electron chi connectivity index (χ3n) is 6.67. The molecular weight excluding hydrogens is 411 g/mol. The number of halogens is 1. The molecule has 3 atom stereocenters. The maximum Gasteiger partial charge on any atom is 0.280 e. The molecule has 32 heavy (non-hydrogen) atoms. The molecule has 0 amide bonds. The highest BCUT2D eigenvalue weighted by molar-refractivity contribution is 5.71. The average Bonchev–Trinajstić information content (AvgIpc) is 3.21. The van der Waals surface area contributed by atoms with Crippen LogP contribution in [0.5, 0.6) is 0 Å². The van der Waals surface area contributed by atoms with Crippen molar-refractivity contribution in [2.45, 2.75) is 32.2 Å². The largest absolute Gasteiger partial charge is 0.337 e. The molecule has 0 saturated heterocycles. The van der Waals surface area contributed by atoms with Gasteiger partial charge >= 0.3 is 0 Å². The summed E-state index contributed by atoms with van der Waals surface area (Å²) in [5, 5.41) is 4.16. The smallest absolute Gasteiger partial charge is 0.280 e. The van der Waals surface area contributed by atoms with E-state index in [0.717, 1.165) is 17.5 Å². The van der Waals surface area contributed by atoms with Crippen LogP contribution in [0, 0.1) is 17.7 Å². The summed E-state index contributed by atoms with van der Waals surface area (Å²) >= 11 is 0. The molecule has 2 aliphatic carbocycles. The van der Waals surface area contributed by atoms with Gasteiger partial charge in [-0.3, -0.25) is 9.36 Å². The molecule has 6 rings (SSSR count). The maximum atomic E-state index is 14.2. The molecule has 2 aliphatic rings. The first kappa shape index (κ1) is 19.1. The van der Waals surface area contributed by atoms with Gasteiger partial charge in [-0.2, -0.15) is 4.98 Å². The normalized spacial score (nSPS) is 21.7. The molecule has 0 N–H and O–H groups in total. The zero-order valence-electron chi connectivity index (χ0n) is 17.7. The third kappa shape index (κ3) is 2.91. The van der Waals surface area contributed by atoms with Crippen LogP contribution in [0.3, 0.4) is 0 Å². The summed E-state index contributed by atoms with van der Waals surface area (Å²) in [5.74, 6) is 1.88. The maximum absolute atomic E-state index is 14.2. The lowest BCUT2D eigenvalue weighted by Gasteiger charge is -2.08. The molecule has 0 spiro atoms. The van der Waals surface area contributed by atoms with Crippen molar-refractivity contribution in [3.63, 3.8) is 0 Å². The number of hydrogen-bond acceptors (Lipinski definition) is 6. The lowest BCUT2D eigenvalue weighted by molar-refractivity contribution is 0.364. The fourth-order valence-electron chi connectivity index (χ4n) is 4.85. The Balaban J connectivity index is 1.19. The minimum atomic E-state index is -0.202. The van der Waals surface area contributed by atoms with E-state index in [2.05, 4.69) is 26.2 Å². The second-order valence-electron chi connectivity index (χ2n) is 8.57. The molecule has 0 bridgehead atoms. The monoisotopic (exact) mass is 432 g/mol. The zero-order chi connectivity index (χ0) is 22.0. The Morgan fingerprint density at radius 1 is 1.25 bits per heavy atom. The molecule has 1 aromatic carbocycles. The summed E-state index contributed by atoms with van der Waals surface area (Å²) in [4.78, 5) is 25.6. The number of allylic oxidation sites excluding steroid dienone is 2. The highest BCUT2D eigenvalue weighted by atomic mass is 19.1. The van der Waals surface area contributed by atoms with E-state index >= 15 is 0 Å². The summed E-state index contributed by atoms with van der Waals surface area (Å²) in [6, 6.07) is 5.52. The molecule has 0 unspecified atom stereocenters. The number of aryl methyl sites for hydroxylation is 2. The third-order valence-corrected chi connectivity index (χ3v) is 6.67. The van der Waals surface area contributed by atoms with E-state index in [1.165, 1.54) is 16.5 Å². The zero-order valence-corrected chi connectivity index (χ0v) is 17.7. The highest BCUT2D eigenvalue weighted by Gasteiger charge is 2.55. The highest BCUT2D eigenvalue weighted by Crippen LogP contribution is 2.62. The van der Waals surface area contributed by atoms with Gasteiger partial charge in [0.15, 0.2) is 17.0 Å². The van der Waals surface area contributed by atoms with Crippen molar-refractivity contribution in [3.05, 3.63) is 75.9 Å². The molecule has 3 heterocycles. The Morgan fingerprint density at radius 3 is 2.84 bits per heavy atom. The van der Waals surface area contributed by atoms with Crippen LogP contribution in [0.2, 0.25) is 0 Å². The van der Waals surface area contributed by atoms with Crippen LogP contribution in [0.15, 0.2) is 46.2 Å². The number of rotatable bonds is 5. The van der Waals surface area contributed by atoms with Gasteiger partial charge in [0.1, 0.15) is 18.7 Å². The van der Waals surface area contributed by atoms with Crippen LogP contribution in [-0.4, -0.2) is 29.2 Å². The van der Waals surface area contributed by atoms with Crippen molar-refractivity contribution >= 4 is 16.7 Å². The first-order chi connectivity index (χ1) is 15.5. The minimum absolute atomic E-state index is 0.139. The van der Waals surface area contributed by atoms with Crippen LogP contribution in [0.4, 0.5) is 4.39 Å². The van der Waals surface area contributed by atoms with Gasteiger partial charge in [-0.1, -0.05) is 30.3 Å². The van der Waals surface area contributed by atoms with E-state index < -0.39 is 0 Å². The van der Waals surface area contributed by atoms with Gasteiger partial charge in [-0.15, -0.1) is 0 Å². The van der Waals surface area contributed by atoms with Crippen LogP contribution >= 0.6 is 0 Å². The second-order valence-corrected chi connectivity index (χ2v) is 8.57. The van der Waals surface area contributed by atoms with E-state index in [0.29, 0.717) is 41.1 Å². The van der Waals surface area contributed by atoms with Gasteiger partial charge in [0.2, 0.25) is 5.89 Å². The molecule has 9 heteroatoms. The number of imidazole rings is 1. The van der Waals surface area contributed by atoms with Crippen molar-refractivity contribution in [2.75, 3.05) is 0 Å². The summed E-state index contributed by atoms with van der Waals surface area (Å²) < 4.78 is 22.7. The number of nitrogens with zero attached hydrogens (tertiary/aromatic N) is 6. The second kappa shape index (κ2) is 6.94. The lowest BCUT2D eigenvalue weighted by atomic mass is 9.99. The topological polar surface area (TPSA) is 91.6 Å². The van der Waals surface area contributed by atoms with E-state index in [1.54, 1.807) is 24.0 Å². The Hall–Kier alpha value is -3.62. The summed E-state index contributed by atoms with van der Waals surface area (Å²) in [7, 11) is 1.76. The van der Waals surface area contributed by atoms with E-state index in [4.69, 9.17) is 4.52 Å². The van der Waals surface area contributed by atoms with Crippen LogP contribution in [0.25, 0.3) is 16.7 Å². The van der Waals surface area contributed by atoms with E-state index in [9.17, 15) is 9.18 Å². The van der Waals surface area contributed by atoms with Crippen LogP contribution in [-0.2, 0) is 20.0 Å². The van der Waals surface area contributed by atoms with Crippen molar-refractivity contribution in [1.82, 2.24) is 29.2 Å². The number of benzene rings is 1. The SMILES string of the molecule is CCc1ccc(C2=C[C@@H]3[C@H](C2)[C@H]3c2noc(Cn3cnc4ncn(C)c4c3=O)n2)cc1F. The molecule has 8 nitrogen and oxygen atoms in total. The minimum Gasteiger partial charge on any atom is -0.337 e. The van der Waals surface area contributed by atoms with E-state index in [1.807, 2.05) is 19.1 Å². The van der Waals surface area contributed by atoms with Crippen molar-refractivity contribution in [3.8, 4) is 0 Å². The molecule has 4 aromatic rings. The molecule has 0 aliphatic heterocycles. The number of hydrogen-bond donors (Lipinski definition) is 0. The van der Waals surface area contributed by atoms with Crippen molar-refractivity contribution in [1.29, 1.82) is 0 Å². The van der Waals surface area contributed by atoms with E-state index in [-0.39, 0.29) is 23.8 Å². The Bertz CT molecular complexity index is 1450. The van der Waals surface area contributed by atoms with Gasteiger partial charge in [-0.25, -0.2) is 14.4 Å².